The third-order valence-corrected chi connectivity index (χ3v) is 5.62. The second-order valence-electron chi connectivity index (χ2n) is 5.32. The second kappa shape index (κ2) is 4.01. The van der Waals surface area contributed by atoms with Crippen LogP contribution in [0.1, 0.15) is 32.6 Å². The van der Waals surface area contributed by atoms with E-state index in [1.165, 1.54) is 0 Å². The lowest BCUT2D eigenvalue weighted by molar-refractivity contribution is 0.319. The molecule has 0 aromatic rings. The fourth-order valence-corrected chi connectivity index (χ4v) is 4.96. The molecule has 0 radical (unpaired) electrons. The molecular weight excluding hydrogens is 224 g/mol. The molecule has 1 N–H and O–H groups in total. The zero-order valence-corrected chi connectivity index (χ0v) is 10.4. The van der Waals surface area contributed by atoms with Crippen molar-refractivity contribution in [2.45, 2.75) is 44.2 Å². The van der Waals surface area contributed by atoms with Crippen molar-refractivity contribution in [2.24, 2.45) is 5.92 Å². The Bertz CT molecular complexity index is 412. The number of nitriles is 1. The summed E-state index contributed by atoms with van der Waals surface area (Å²) in [4.78, 5) is 0. The summed E-state index contributed by atoms with van der Waals surface area (Å²) < 4.78 is 22.9. The number of hydrogen-bond acceptors (Lipinski definition) is 4. The van der Waals surface area contributed by atoms with Gasteiger partial charge in [0.1, 0.15) is 0 Å². The molecule has 4 nitrogen and oxygen atoms in total. The van der Waals surface area contributed by atoms with Crippen molar-refractivity contribution in [1.29, 1.82) is 5.26 Å². The SMILES string of the molecule is CC1(NC2CCCC2C#N)CCS(=O)(=O)C1. The van der Waals surface area contributed by atoms with E-state index in [0.29, 0.717) is 6.42 Å². The molecule has 2 aliphatic rings. The van der Waals surface area contributed by atoms with Crippen LogP contribution in [0.2, 0.25) is 0 Å². The molecule has 1 heterocycles. The molecular formula is C11H18N2O2S. The van der Waals surface area contributed by atoms with Crippen LogP contribution in [-0.4, -0.2) is 31.5 Å². The Kier molecular flexibility index (Phi) is 2.97. The largest absolute Gasteiger partial charge is 0.306 e. The Balaban J connectivity index is 2.03. The van der Waals surface area contributed by atoms with Gasteiger partial charge in [0.25, 0.3) is 0 Å². The number of nitrogens with zero attached hydrogens (tertiary/aromatic N) is 1. The molecule has 1 saturated heterocycles. The minimum Gasteiger partial charge on any atom is -0.306 e. The standard InChI is InChI=1S/C11H18N2O2S/c1-11(5-6-16(14,15)8-11)13-10-4-2-3-9(10)7-12/h9-10,13H,2-6,8H2,1H3. The number of rotatable bonds is 2. The zero-order chi connectivity index (χ0) is 11.8. The van der Waals surface area contributed by atoms with Crippen LogP contribution in [0.4, 0.5) is 0 Å². The van der Waals surface area contributed by atoms with Crippen molar-refractivity contribution < 1.29 is 8.42 Å². The molecule has 2 rings (SSSR count). The molecule has 1 aliphatic carbocycles. The molecule has 2 fully saturated rings. The van der Waals surface area contributed by atoms with Crippen LogP contribution < -0.4 is 5.32 Å². The quantitative estimate of drug-likeness (QED) is 0.779. The van der Waals surface area contributed by atoms with Crippen LogP contribution in [0.25, 0.3) is 0 Å². The van der Waals surface area contributed by atoms with Crippen molar-refractivity contribution >= 4 is 9.84 Å². The monoisotopic (exact) mass is 242 g/mol. The van der Waals surface area contributed by atoms with E-state index in [0.717, 1.165) is 19.3 Å². The van der Waals surface area contributed by atoms with Crippen molar-refractivity contribution in [3.63, 3.8) is 0 Å². The number of hydrogen-bond donors (Lipinski definition) is 1. The Morgan fingerprint density at radius 3 is 2.75 bits per heavy atom. The normalized spacial score (nSPS) is 42.0. The topological polar surface area (TPSA) is 70.0 Å². The van der Waals surface area contributed by atoms with E-state index in [4.69, 9.17) is 5.26 Å². The fraction of sp³-hybridized carbons (Fsp3) is 0.909. The Morgan fingerprint density at radius 2 is 2.19 bits per heavy atom. The van der Waals surface area contributed by atoms with Crippen LogP contribution in [0, 0.1) is 17.2 Å². The summed E-state index contributed by atoms with van der Waals surface area (Å²) in [6.07, 6.45) is 3.67. The summed E-state index contributed by atoms with van der Waals surface area (Å²) in [5.41, 5.74) is -0.317. The molecule has 0 amide bonds. The summed E-state index contributed by atoms with van der Waals surface area (Å²) in [5, 5.41) is 12.4. The van der Waals surface area contributed by atoms with Gasteiger partial charge in [0.2, 0.25) is 0 Å². The smallest absolute Gasteiger partial charge is 0.152 e. The number of sulfone groups is 1. The van der Waals surface area contributed by atoms with E-state index in [1.54, 1.807) is 0 Å². The third-order valence-electron chi connectivity index (χ3n) is 3.72. The average molecular weight is 242 g/mol. The molecule has 3 atom stereocenters. The van der Waals surface area contributed by atoms with Gasteiger partial charge in [-0.05, 0) is 26.2 Å². The van der Waals surface area contributed by atoms with Gasteiger partial charge in [0, 0.05) is 11.6 Å². The molecule has 0 bridgehead atoms. The van der Waals surface area contributed by atoms with Crippen LogP contribution >= 0.6 is 0 Å². The van der Waals surface area contributed by atoms with E-state index in [2.05, 4.69) is 11.4 Å². The van der Waals surface area contributed by atoms with Crippen LogP contribution in [0.3, 0.4) is 0 Å². The van der Waals surface area contributed by atoms with Crippen molar-refractivity contribution in [3.05, 3.63) is 0 Å². The lowest BCUT2D eigenvalue weighted by atomic mass is 9.97. The van der Waals surface area contributed by atoms with Gasteiger partial charge in [0.05, 0.1) is 23.5 Å². The summed E-state index contributed by atoms with van der Waals surface area (Å²) in [6.45, 7) is 1.96. The molecule has 5 heteroatoms. The Labute approximate surface area is 96.9 Å². The minimum atomic E-state index is -2.87. The predicted molar refractivity (Wildman–Crippen MR) is 61.6 cm³/mol. The van der Waals surface area contributed by atoms with E-state index >= 15 is 0 Å². The van der Waals surface area contributed by atoms with Gasteiger partial charge in [-0.15, -0.1) is 0 Å². The summed E-state index contributed by atoms with van der Waals surface area (Å²) in [7, 11) is -2.87. The second-order valence-corrected chi connectivity index (χ2v) is 7.50. The van der Waals surface area contributed by atoms with E-state index in [9.17, 15) is 8.42 Å². The minimum absolute atomic E-state index is 0.0557. The average Bonchev–Trinajstić information content (AvgIpc) is 2.71. The van der Waals surface area contributed by atoms with Gasteiger partial charge in [-0.25, -0.2) is 8.42 Å². The first-order valence-corrected chi connectivity index (χ1v) is 7.64. The zero-order valence-electron chi connectivity index (χ0n) is 9.57. The molecule has 3 unspecified atom stereocenters. The van der Waals surface area contributed by atoms with Gasteiger partial charge in [-0.1, -0.05) is 6.42 Å². The van der Waals surface area contributed by atoms with Crippen LogP contribution in [0.15, 0.2) is 0 Å². The Hall–Kier alpha value is -0.600. The van der Waals surface area contributed by atoms with E-state index < -0.39 is 9.84 Å². The highest BCUT2D eigenvalue weighted by atomic mass is 32.2. The maximum atomic E-state index is 11.5. The maximum Gasteiger partial charge on any atom is 0.152 e. The maximum absolute atomic E-state index is 11.5. The lowest BCUT2D eigenvalue weighted by Gasteiger charge is -2.29. The first-order valence-electron chi connectivity index (χ1n) is 5.82. The van der Waals surface area contributed by atoms with Crippen molar-refractivity contribution in [1.82, 2.24) is 5.32 Å². The summed E-state index contributed by atoms with van der Waals surface area (Å²) in [6, 6.07) is 2.50. The highest BCUT2D eigenvalue weighted by Crippen LogP contribution is 2.30. The first kappa shape index (κ1) is 11.9. The molecule has 1 aliphatic heterocycles. The van der Waals surface area contributed by atoms with Gasteiger partial charge >= 0.3 is 0 Å². The summed E-state index contributed by atoms with van der Waals surface area (Å²) >= 11 is 0. The molecule has 0 spiro atoms. The third kappa shape index (κ3) is 2.38. The highest BCUT2D eigenvalue weighted by molar-refractivity contribution is 7.91. The fourth-order valence-electron chi connectivity index (χ4n) is 2.86. The van der Waals surface area contributed by atoms with Gasteiger partial charge in [-0.3, -0.25) is 0 Å². The molecule has 0 aromatic carbocycles. The van der Waals surface area contributed by atoms with Crippen LogP contribution in [0.5, 0.6) is 0 Å². The Morgan fingerprint density at radius 1 is 1.44 bits per heavy atom. The first-order chi connectivity index (χ1) is 7.44. The molecule has 1 saturated carbocycles. The number of nitrogens with one attached hydrogen (secondary N) is 1. The predicted octanol–water partition coefficient (Wildman–Crippen LogP) is 0.845. The van der Waals surface area contributed by atoms with Crippen LogP contribution in [-0.2, 0) is 9.84 Å². The highest BCUT2D eigenvalue weighted by Gasteiger charge is 2.41. The van der Waals surface area contributed by atoms with Gasteiger partial charge in [-0.2, -0.15) is 5.26 Å². The summed E-state index contributed by atoms with van der Waals surface area (Å²) in [5.74, 6) is 0.551. The van der Waals surface area contributed by atoms with Gasteiger partial charge in [0.15, 0.2) is 9.84 Å². The van der Waals surface area contributed by atoms with E-state index in [1.807, 2.05) is 6.92 Å². The van der Waals surface area contributed by atoms with Crippen molar-refractivity contribution in [3.8, 4) is 6.07 Å². The van der Waals surface area contributed by atoms with Crippen molar-refractivity contribution in [2.75, 3.05) is 11.5 Å². The molecule has 0 aromatic heterocycles. The molecule has 16 heavy (non-hydrogen) atoms. The van der Waals surface area contributed by atoms with E-state index in [-0.39, 0.29) is 29.0 Å². The lowest BCUT2D eigenvalue weighted by Crippen LogP contribution is -2.50. The molecule has 90 valence electrons. The van der Waals surface area contributed by atoms with Gasteiger partial charge < -0.3 is 5.32 Å².